The minimum absolute atomic E-state index is 0.106. The van der Waals surface area contributed by atoms with Gasteiger partial charge in [-0.05, 0) is 24.8 Å². The number of nitrogens with two attached hydrogens (primary N) is 1. The van der Waals surface area contributed by atoms with Gasteiger partial charge in [0.2, 0.25) is 0 Å². The molecule has 0 amide bonds. The Labute approximate surface area is 131 Å². The van der Waals surface area contributed by atoms with Gasteiger partial charge in [0, 0.05) is 29.4 Å². The second kappa shape index (κ2) is 6.02. The molecule has 2 rings (SSSR count). The first-order valence-corrected chi connectivity index (χ1v) is 8.05. The molecule has 0 unspecified atom stereocenters. The van der Waals surface area contributed by atoms with Crippen molar-refractivity contribution in [1.82, 2.24) is 9.97 Å². The maximum absolute atomic E-state index is 6.07. The van der Waals surface area contributed by atoms with Crippen molar-refractivity contribution >= 4 is 23.0 Å². The molecular weight excluding hydrogens is 280 g/mol. The van der Waals surface area contributed by atoms with E-state index in [1.807, 2.05) is 6.92 Å². The number of nitrogens with zero attached hydrogens (tertiary/aromatic N) is 3. The summed E-state index contributed by atoms with van der Waals surface area (Å²) in [7, 11) is 2.06. The van der Waals surface area contributed by atoms with E-state index in [4.69, 9.17) is 10.7 Å². The minimum atomic E-state index is -0.106. The fraction of sp³-hybridized carbons (Fsp3) is 0.500. The van der Waals surface area contributed by atoms with E-state index in [0.29, 0.717) is 5.82 Å². The first-order valence-electron chi connectivity index (χ1n) is 7.17. The summed E-state index contributed by atoms with van der Waals surface area (Å²) >= 11 is 1.79. The molecule has 0 radical (unpaired) electrons. The summed E-state index contributed by atoms with van der Waals surface area (Å²) in [6, 6.07) is 4.26. The van der Waals surface area contributed by atoms with Gasteiger partial charge in [0.05, 0.1) is 0 Å². The molecule has 0 spiro atoms. The monoisotopic (exact) mass is 304 g/mol. The molecule has 2 heterocycles. The van der Waals surface area contributed by atoms with Crippen LogP contribution in [0.1, 0.15) is 37.0 Å². The molecule has 21 heavy (non-hydrogen) atoms. The molecule has 0 atom stereocenters. The standard InChI is InChI=1S/C16H24N4S/c1-11-13(17)18-15(16(2,3)4)19-14(11)20(5)9-8-12-7-6-10-21-12/h6-7,10H,8-9H2,1-5H3,(H2,17,18,19). The highest BCUT2D eigenvalue weighted by Gasteiger charge is 2.21. The quantitative estimate of drug-likeness (QED) is 0.940. The Balaban J connectivity index is 2.23. The Hall–Kier alpha value is -1.62. The Bertz CT molecular complexity index is 599. The number of nitrogen functional groups attached to an aromatic ring is 1. The van der Waals surface area contributed by atoms with Crippen molar-refractivity contribution in [2.24, 2.45) is 0 Å². The summed E-state index contributed by atoms with van der Waals surface area (Å²) in [4.78, 5) is 12.7. The molecule has 2 N–H and O–H groups in total. The fourth-order valence-corrected chi connectivity index (χ4v) is 2.77. The smallest absolute Gasteiger partial charge is 0.138 e. The van der Waals surface area contributed by atoms with Crippen molar-refractivity contribution < 1.29 is 0 Å². The molecule has 5 heteroatoms. The summed E-state index contributed by atoms with van der Waals surface area (Å²) in [6.45, 7) is 9.21. The fourth-order valence-electron chi connectivity index (χ4n) is 2.07. The van der Waals surface area contributed by atoms with Crippen molar-refractivity contribution in [3.05, 3.63) is 33.8 Å². The summed E-state index contributed by atoms with van der Waals surface area (Å²) in [5.41, 5.74) is 6.92. The van der Waals surface area contributed by atoms with Crippen molar-refractivity contribution in [3.8, 4) is 0 Å². The van der Waals surface area contributed by atoms with Crippen LogP contribution < -0.4 is 10.6 Å². The van der Waals surface area contributed by atoms with Gasteiger partial charge >= 0.3 is 0 Å². The Morgan fingerprint density at radius 2 is 2.00 bits per heavy atom. The second-order valence-corrected chi connectivity index (χ2v) is 7.41. The summed E-state index contributed by atoms with van der Waals surface area (Å²) in [5.74, 6) is 2.31. The van der Waals surface area contributed by atoms with Gasteiger partial charge in [-0.15, -0.1) is 11.3 Å². The van der Waals surface area contributed by atoms with E-state index < -0.39 is 0 Å². The number of hydrogen-bond acceptors (Lipinski definition) is 5. The molecule has 0 aliphatic heterocycles. The summed E-state index contributed by atoms with van der Waals surface area (Å²) in [5, 5.41) is 2.11. The molecule has 0 saturated carbocycles. The number of hydrogen-bond donors (Lipinski definition) is 1. The van der Waals surface area contributed by atoms with Crippen LogP contribution in [0.2, 0.25) is 0 Å². The normalized spacial score (nSPS) is 11.7. The largest absolute Gasteiger partial charge is 0.383 e. The molecule has 4 nitrogen and oxygen atoms in total. The van der Waals surface area contributed by atoms with E-state index in [0.717, 1.165) is 30.2 Å². The third-order valence-electron chi connectivity index (χ3n) is 3.46. The maximum atomic E-state index is 6.07. The lowest BCUT2D eigenvalue weighted by Gasteiger charge is -2.24. The molecule has 0 bridgehead atoms. The molecule has 0 aliphatic carbocycles. The molecular formula is C16H24N4S. The van der Waals surface area contributed by atoms with Crippen molar-refractivity contribution in [2.45, 2.75) is 39.5 Å². The highest BCUT2D eigenvalue weighted by Crippen LogP contribution is 2.26. The zero-order valence-electron chi connectivity index (χ0n) is 13.5. The van der Waals surface area contributed by atoms with Crippen LogP contribution in [0.15, 0.2) is 17.5 Å². The zero-order valence-corrected chi connectivity index (χ0v) is 14.3. The van der Waals surface area contributed by atoms with Crippen LogP contribution in [0.3, 0.4) is 0 Å². The first kappa shape index (κ1) is 15.8. The Morgan fingerprint density at radius 3 is 2.57 bits per heavy atom. The Morgan fingerprint density at radius 1 is 1.29 bits per heavy atom. The molecule has 0 aromatic carbocycles. The van der Waals surface area contributed by atoms with E-state index in [-0.39, 0.29) is 5.41 Å². The predicted octanol–water partition coefficient (Wildman–Crippen LogP) is 3.41. The first-order chi connectivity index (χ1) is 9.79. The van der Waals surface area contributed by atoms with Crippen molar-refractivity contribution in [1.29, 1.82) is 0 Å². The maximum Gasteiger partial charge on any atom is 0.138 e. The lowest BCUT2D eigenvalue weighted by molar-refractivity contribution is 0.545. The highest BCUT2D eigenvalue weighted by molar-refractivity contribution is 7.09. The van der Waals surface area contributed by atoms with Gasteiger partial charge < -0.3 is 10.6 Å². The molecule has 0 saturated heterocycles. The number of anilines is 2. The minimum Gasteiger partial charge on any atom is -0.383 e. The van der Waals surface area contributed by atoms with Crippen LogP contribution in [0.4, 0.5) is 11.6 Å². The van der Waals surface area contributed by atoms with Gasteiger partial charge in [-0.1, -0.05) is 26.8 Å². The molecule has 0 aliphatic rings. The van der Waals surface area contributed by atoms with E-state index in [2.05, 4.69) is 55.2 Å². The second-order valence-electron chi connectivity index (χ2n) is 6.38. The van der Waals surface area contributed by atoms with Gasteiger partial charge in [0.25, 0.3) is 0 Å². The third-order valence-corrected chi connectivity index (χ3v) is 4.40. The summed E-state index contributed by atoms with van der Waals surface area (Å²) < 4.78 is 0. The van der Waals surface area contributed by atoms with Crippen molar-refractivity contribution in [3.63, 3.8) is 0 Å². The van der Waals surface area contributed by atoms with Gasteiger partial charge in [-0.3, -0.25) is 0 Å². The van der Waals surface area contributed by atoms with Gasteiger partial charge in [0.15, 0.2) is 0 Å². The molecule has 114 valence electrons. The van der Waals surface area contributed by atoms with Gasteiger partial charge in [0.1, 0.15) is 17.5 Å². The van der Waals surface area contributed by atoms with Crippen LogP contribution in [0.25, 0.3) is 0 Å². The lowest BCUT2D eigenvalue weighted by Crippen LogP contribution is -2.26. The predicted molar refractivity (Wildman–Crippen MR) is 91.2 cm³/mol. The van der Waals surface area contributed by atoms with E-state index in [1.165, 1.54) is 4.88 Å². The van der Waals surface area contributed by atoms with Gasteiger partial charge in [-0.2, -0.15) is 0 Å². The zero-order chi connectivity index (χ0) is 15.6. The van der Waals surface area contributed by atoms with E-state index in [9.17, 15) is 0 Å². The van der Waals surface area contributed by atoms with Crippen LogP contribution in [-0.4, -0.2) is 23.6 Å². The average molecular weight is 304 g/mol. The number of thiophene rings is 1. The highest BCUT2D eigenvalue weighted by atomic mass is 32.1. The van der Waals surface area contributed by atoms with E-state index >= 15 is 0 Å². The molecule has 2 aromatic heterocycles. The van der Waals surface area contributed by atoms with Crippen LogP contribution >= 0.6 is 11.3 Å². The van der Waals surface area contributed by atoms with Crippen LogP contribution in [0, 0.1) is 6.92 Å². The van der Waals surface area contributed by atoms with Gasteiger partial charge in [-0.25, -0.2) is 9.97 Å². The molecule has 2 aromatic rings. The summed E-state index contributed by atoms with van der Waals surface area (Å²) in [6.07, 6.45) is 1.02. The van der Waals surface area contributed by atoms with Crippen molar-refractivity contribution in [2.75, 3.05) is 24.2 Å². The lowest BCUT2D eigenvalue weighted by atomic mass is 9.95. The van der Waals surface area contributed by atoms with Crippen LogP contribution in [-0.2, 0) is 11.8 Å². The average Bonchev–Trinajstić information content (AvgIpc) is 2.91. The Kier molecular flexibility index (Phi) is 4.52. The topological polar surface area (TPSA) is 55.0 Å². The number of aromatic nitrogens is 2. The number of likely N-dealkylation sites (N-methyl/N-ethyl adjacent to an activating group) is 1. The SMILES string of the molecule is Cc1c(N)nc(C(C)(C)C)nc1N(C)CCc1cccs1. The molecule has 0 fully saturated rings. The van der Waals surface area contributed by atoms with Crippen LogP contribution in [0.5, 0.6) is 0 Å². The number of rotatable bonds is 4. The third kappa shape index (κ3) is 3.73. The van der Waals surface area contributed by atoms with E-state index in [1.54, 1.807) is 11.3 Å².